The van der Waals surface area contributed by atoms with E-state index in [1.807, 2.05) is 13.8 Å². The Labute approximate surface area is 126 Å². The molecule has 0 radical (unpaired) electrons. The Morgan fingerprint density at radius 3 is 2.71 bits per heavy atom. The summed E-state index contributed by atoms with van der Waals surface area (Å²) >= 11 is 0. The maximum atomic E-state index is 12.8. The van der Waals surface area contributed by atoms with Crippen molar-refractivity contribution < 1.29 is 14.7 Å². The van der Waals surface area contributed by atoms with Gasteiger partial charge in [0, 0.05) is 13.1 Å². The fourth-order valence-electron chi connectivity index (χ4n) is 4.57. The van der Waals surface area contributed by atoms with Gasteiger partial charge in [-0.25, -0.2) is 0 Å². The van der Waals surface area contributed by atoms with E-state index in [0.29, 0.717) is 31.3 Å². The molecular formula is C16H26N2O3. The minimum atomic E-state index is -0.761. The van der Waals surface area contributed by atoms with Crippen molar-refractivity contribution >= 4 is 11.9 Å². The summed E-state index contributed by atoms with van der Waals surface area (Å²) in [5, 5.41) is 13.0. The average Bonchev–Trinajstić information content (AvgIpc) is 3.13. The number of amides is 1. The van der Waals surface area contributed by atoms with E-state index >= 15 is 0 Å². The molecule has 3 aliphatic rings. The van der Waals surface area contributed by atoms with Gasteiger partial charge in [-0.2, -0.15) is 0 Å². The lowest BCUT2D eigenvalue weighted by molar-refractivity contribution is -0.151. The van der Waals surface area contributed by atoms with E-state index in [1.54, 1.807) is 4.90 Å². The number of hydrogen-bond acceptors (Lipinski definition) is 3. The first-order valence-corrected chi connectivity index (χ1v) is 8.21. The Morgan fingerprint density at radius 1 is 1.33 bits per heavy atom. The number of likely N-dealkylation sites (tertiary alicyclic amines) is 1. The van der Waals surface area contributed by atoms with Crippen LogP contribution in [0, 0.1) is 23.2 Å². The van der Waals surface area contributed by atoms with Gasteiger partial charge in [0.1, 0.15) is 0 Å². The molecule has 2 aliphatic heterocycles. The highest BCUT2D eigenvalue weighted by molar-refractivity contribution is 5.85. The summed E-state index contributed by atoms with van der Waals surface area (Å²) in [6.45, 7) is 5.79. The minimum Gasteiger partial charge on any atom is -0.481 e. The number of aliphatic carboxylic acids is 1. The number of carboxylic acid groups (broad SMARTS) is 1. The molecule has 118 valence electrons. The molecule has 3 rings (SSSR count). The van der Waals surface area contributed by atoms with Crippen LogP contribution in [0.2, 0.25) is 0 Å². The lowest BCUT2D eigenvalue weighted by atomic mass is 9.76. The molecule has 0 aromatic heterocycles. The third-order valence-corrected chi connectivity index (χ3v) is 6.16. The fraction of sp³-hybridized carbons (Fsp3) is 0.875. The Hall–Kier alpha value is -1.10. The number of hydrogen-bond donors (Lipinski definition) is 2. The molecule has 2 saturated heterocycles. The highest BCUT2D eigenvalue weighted by atomic mass is 16.4. The van der Waals surface area contributed by atoms with E-state index in [2.05, 4.69) is 5.32 Å². The summed E-state index contributed by atoms with van der Waals surface area (Å²) in [4.78, 5) is 26.3. The van der Waals surface area contributed by atoms with E-state index in [1.165, 1.54) is 12.8 Å². The number of nitrogens with one attached hydrogen (secondary N) is 1. The lowest BCUT2D eigenvalue weighted by Gasteiger charge is -2.30. The van der Waals surface area contributed by atoms with Gasteiger partial charge < -0.3 is 15.3 Å². The van der Waals surface area contributed by atoms with Crippen molar-refractivity contribution in [3.8, 4) is 0 Å². The van der Waals surface area contributed by atoms with Crippen LogP contribution in [-0.4, -0.2) is 47.6 Å². The van der Waals surface area contributed by atoms with Crippen LogP contribution in [0.15, 0.2) is 0 Å². The Morgan fingerprint density at radius 2 is 2.10 bits per heavy atom. The molecule has 3 fully saturated rings. The quantitative estimate of drug-likeness (QED) is 0.824. The smallest absolute Gasteiger partial charge is 0.311 e. The predicted octanol–water partition coefficient (Wildman–Crippen LogP) is 1.33. The molecule has 1 aliphatic carbocycles. The van der Waals surface area contributed by atoms with Gasteiger partial charge in [0.25, 0.3) is 0 Å². The number of carboxylic acids is 1. The first kappa shape index (κ1) is 14.8. The van der Waals surface area contributed by atoms with Crippen molar-refractivity contribution in [3.63, 3.8) is 0 Å². The molecule has 1 saturated carbocycles. The number of carbonyl (C=O) groups is 2. The first-order chi connectivity index (χ1) is 9.95. The molecule has 21 heavy (non-hydrogen) atoms. The molecule has 0 spiro atoms. The molecule has 0 bridgehead atoms. The number of nitrogens with zero attached hydrogens (tertiary/aromatic N) is 1. The molecule has 2 N–H and O–H groups in total. The number of carbonyl (C=O) groups excluding carboxylic acids is 1. The van der Waals surface area contributed by atoms with E-state index in [0.717, 1.165) is 13.0 Å². The van der Waals surface area contributed by atoms with Gasteiger partial charge in [-0.15, -0.1) is 0 Å². The Balaban J connectivity index is 1.71. The maximum Gasteiger partial charge on any atom is 0.311 e. The summed E-state index contributed by atoms with van der Waals surface area (Å²) in [6, 6.07) is -0.0748. The van der Waals surface area contributed by atoms with E-state index in [4.69, 9.17) is 0 Å². The largest absolute Gasteiger partial charge is 0.481 e. The zero-order chi connectivity index (χ0) is 15.2. The molecule has 0 aromatic rings. The molecule has 2 heterocycles. The van der Waals surface area contributed by atoms with Gasteiger partial charge in [-0.1, -0.05) is 20.3 Å². The molecule has 5 nitrogen and oxygen atoms in total. The predicted molar refractivity (Wildman–Crippen MR) is 78.7 cm³/mol. The second kappa shape index (κ2) is 5.27. The van der Waals surface area contributed by atoms with Crippen LogP contribution < -0.4 is 5.32 Å². The second-order valence-electron chi connectivity index (χ2n) is 7.37. The van der Waals surface area contributed by atoms with Gasteiger partial charge in [-0.3, -0.25) is 9.59 Å². The average molecular weight is 294 g/mol. The summed E-state index contributed by atoms with van der Waals surface area (Å²) in [6.07, 6.45) is 4.17. The topological polar surface area (TPSA) is 69.6 Å². The molecule has 5 heteroatoms. The Bertz CT molecular complexity index is 451. The van der Waals surface area contributed by atoms with Crippen LogP contribution in [0.3, 0.4) is 0 Å². The van der Waals surface area contributed by atoms with Crippen LogP contribution in [0.4, 0.5) is 0 Å². The van der Waals surface area contributed by atoms with E-state index in [9.17, 15) is 14.7 Å². The van der Waals surface area contributed by atoms with Gasteiger partial charge in [-0.05, 0) is 43.6 Å². The highest BCUT2D eigenvalue weighted by Crippen LogP contribution is 2.41. The molecule has 1 amide bonds. The van der Waals surface area contributed by atoms with Crippen LogP contribution in [-0.2, 0) is 9.59 Å². The third kappa shape index (κ3) is 2.26. The van der Waals surface area contributed by atoms with Crippen molar-refractivity contribution in [2.75, 3.05) is 19.6 Å². The van der Waals surface area contributed by atoms with E-state index < -0.39 is 11.4 Å². The summed E-state index contributed by atoms with van der Waals surface area (Å²) in [5.74, 6) is 0.537. The van der Waals surface area contributed by atoms with Crippen molar-refractivity contribution in [1.29, 1.82) is 0 Å². The standard InChI is InChI=1S/C16H26N2O3/c1-10(2)16(15(20)21)6-7-18(9-16)14(19)13-12-5-3-4-11(12)8-17-13/h10-13,17H,3-9H2,1-2H3,(H,20,21). The summed E-state index contributed by atoms with van der Waals surface area (Å²) in [7, 11) is 0. The van der Waals surface area contributed by atoms with Crippen molar-refractivity contribution in [2.24, 2.45) is 23.2 Å². The van der Waals surface area contributed by atoms with Crippen molar-refractivity contribution in [2.45, 2.75) is 45.6 Å². The second-order valence-corrected chi connectivity index (χ2v) is 7.37. The van der Waals surface area contributed by atoms with Crippen LogP contribution in [0.1, 0.15) is 39.5 Å². The lowest BCUT2D eigenvalue weighted by Crippen LogP contribution is -2.47. The maximum absolute atomic E-state index is 12.8. The minimum absolute atomic E-state index is 0.0450. The normalized spacial score (nSPS) is 39.0. The highest BCUT2D eigenvalue weighted by Gasteiger charge is 2.51. The van der Waals surface area contributed by atoms with Crippen LogP contribution >= 0.6 is 0 Å². The fourth-order valence-corrected chi connectivity index (χ4v) is 4.57. The SMILES string of the molecule is CC(C)C1(C(=O)O)CCN(C(=O)C2NCC3CCCC32)C1. The van der Waals surface area contributed by atoms with Crippen LogP contribution in [0.5, 0.6) is 0 Å². The van der Waals surface area contributed by atoms with Gasteiger partial charge in [0.15, 0.2) is 0 Å². The number of fused-ring (bicyclic) bond motifs is 1. The zero-order valence-electron chi connectivity index (χ0n) is 13.0. The van der Waals surface area contributed by atoms with Gasteiger partial charge >= 0.3 is 5.97 Å². The molecular weight excluding hydrogens is 268 g/mol. The van der Waals surface area contributed by atoms with Crippen molar-refractivity contribution in [3.05, 3.63) is 0 Å². The summed E-state index contributed by atoms with van der Waals surface area (Å²) < 4.78 is 0. The monoisotopic (exact) mass is 294 g/mol. The zero-order valence-corrected chi connectivity index (χ0v) is 13.0. The van der Waals surface area contributed by atoms with Crippen LogP contribution in [0.25, 0.3) is 0 Å². The van der Waals surface area contributed by atoms with Gasteiger partial charge in [0.2, 0.25) is 5.91 Å². The summed E-state index contributed by atoms with van der Waals surface area (Å²) in [5.41, 5.74) is -0.761. The molecule has 4 atom stereocenters. The Kier molecular flexibility index (Phi) is 3.72. The first-order valence-electron chi connectivity index (χ1n) is 8.21. The third-order valence-electron chi connectivity index (χ3n) is 6.16. The number of rotatable bonds is 3. The molecule has 4 unspecified atom stereocenters. The van der Waals surface area contributed by atoms with E-state index in [-0.39, 0.29) is 17.9 Å². The van der Waals surface area contributed by atoms with Gasteiger partial charge in [0.05, 0.1) is 11.5 Å². The molecule has 0 aromatic carbocycles. The van der Waals surface area contributed by atoms with Crippen molar-refractivity contribution in [1.82, 2.24) is 10.2 Å².